The molecule has 0 saturated heterocycles. The standard InChI is InChI=1S/C48H53N/c1-35-29-30-39-24-11-13-26-41(39)45(35)48(5,34-38-22-7-6-8-23-38)36(2)18-17-28-44-47(3,4)46-42-27-14-12-25-40(42)31-32-43(46)49(44)33-16-15-21-37-19-9-10-20-37/h6-8,11-14,17-18,22-32,37H,2,9-10,15-16,19-21,33-34H2,1,3-5H3/b18-17+,44-28+. The van der Waals surface area contributed by atoms with Gasteiger partial charge >= 0.3 is 0 Å². The Hall–Kier alpha value is -4.36. The molecule has 5 aromatic rings. The van der Waals surface area contributed by atoms with Gasteiger partial charge in [0, 0.05) is 28.8 Å². The maximum absolute atomic E-state index is 4.82. The van der Waals surface area contributed by atoms with Gasteiger partial charge in [-0.25, -0.2) is 0 Å². The molecule has 1 fully saturated rings. The summed E-state index contributed by atoms with van der Waals surface area (Å²) in [6.07, 6.45) is 17.5. The SMILES string of the molecule is C=C(/C=C/C=C1/N(CCCCC2CCCC2)c2ccc3ccccc3c2C1(C)C)C(C)(Cc1ccccc1)c1c(C)ccc2ccccc12. The molecule has 0 spiro atoms. The van der Waals surface area contributed by atoms with Gasteiger partial charge in [-0.3, -0.25) is 0 Å². The van der Waals surface area contributed by atoms with Crippen LogP contribution in [-0.2, 0) is 17.3 Å². The van der Waals surface area contributed by atoms with Crippen LogP contribution in [0, 0.1) is 12.8 Å². The van der Waals surface area contributed by atoms with Gasteiger partial charge < -0.3 is 4.90 Å². The molecule has 0 aromatic heterocycles. The topological polar surface area (TPSA) is 3.24 Å². The van der Waals surface area contributed by atoms with Crippen molar-refractivity contribution in [3.8, 4) is 0 Å². The Labute approximate surface area is 295 Å². The smallest absolute Gasteiger partial charge is 0.0457 e. The molecule has 5 aromatic carbocycles. The minimum absolute atomic E-state index is 0.118. The Kier molecular flexibility index (Phi) is 9.38. The fraction of sp³-hybridized carbons (Fsp3) is 0.333. The molecule has 1 heteroatoms. The molecular weight excluding hydrogens is 591 g/mol. The van der Waals surface area contributed by atoms with Crippen LogP contribution in [-0.4, -0.2) is 6.54 Å². The van der Waals surface area contributed by atoms with E-state index < -0.39 is 0 Å². The summed E-state index contributed by atoms with van der Waals surface area (Å²) in [7, 11) is 0. The van der Waals surface area contributed by atoms with E-state index in [-0.39, 0.29) is 10.8 Å². The van der Waals surface area contributed by atoms with E-state index in [1.807, 2.05) is 0 Å². The summed E-state index contributed by atoms with van der Waals surface area (Å²) in [6, 6.07) is 37.9. The summed E-state index contributed by atoms with van der Waals surface area (Å²) in [5.41, 5.74) is 8.97. The van der Waals surface area contributed by atoms with Crippen molar-refractivity contribution in [2.24, 2.45) is 5.92 Å². The molecule has 1 aliphatic carbocycles. The monoisotopic (exact) mass is 643 g/mol. The highest BCUT2D eigenvalue weighted by Crippen LogP contribution is 2.51. The first-order valence-corrected chi connectivity index (χ1v) is 18.7. The van der Waals surface area contributed by atoms with Crippen LogP contribution in [0.25, 0.3) is 21.5 Å². The maximum Gasteiger partial charge on any atom is 0.0457 e. The Morgan fingerprint density at radius 2 is 1.47 bits per heavy atom. The number of aryl methyl sites for hydroxylation is 1. The van der Waals surface area contributed by atoms with Crippen molar-refractivity contribution >= 4 is 27.2 Å². The largest absolute Gasteiger partial charge is 0.344 e. The van der Waals surface area contributed by atoms with Gasteiger partial charge in [0.2, 0.25) is 0 Å². The molecule has 1 aliphatic heterocycles. The van der Waals surface area contributed by atoms with E-state index in [1.165, 1.54) is 100 Å². The zero-order chi connectivity index (χ0) is 34.0. The minimum Gasteiger partial charge on any atom is -0.344 e. The third-order valence-electron chi connectivity index (χ3n) is 11.8. The molecule has 0 amide bonds. The average molecular weight is 644 g/mol. The molecule has 0 bridgehead atoms. The molecule has 1 saturated carbocycles. The lowest BCUT2D eigenvalue weighted by Crippen LogP contribution is -2.28. The summed E-state index contributed by atoms with van der Waals surface area (Å²) in [4.78, 5) is 2.64. The van der Waals surface area contributed by atoms with Crippen molar-refractivity contribution < 1.29 is 0 Å². The van der Waals surface area contributed by atoms with Gasteiger partial charge in [-0.05, 0) is 87.2 Å². The average Bonchev–Trinajstić information content (AvgIpc) is 3.71. The predicted molar refractivity (Wildman–Crippen MR) is 213 cm³/mol. The Balaban J connectivity index is 1.25. The Bertz CT molecular complexity index is 2020. The van der Waals surface area contributed by atoms with E-state index >= 15 is 0 Å². The van der Waals surface area contributed by atoms with Gasteiger partial charge in [-0.2, -0.15) is 0 Å². The maximum atomic E-state index is 4.82. The number of fused-ring (bicyclic) bond motifs is 4. The van der Waals surface area contributed by atoms with E-state index in [0.29, 0.717) is 0 Å². The first kappa shape index (κ1) is 33.2. The first-order chi connectivity index (χ1) is 23.8. The van der Waals surface area contributed by atoms with Crippen LogP contribution < -0.4 is 4.90 Å². The van der Waals surface area contributed by atoms with E-state index in [2.05, 4.69) is 154 Å². The molecule has 0 radical (unpaired) electrons. The molecule has 1 atom stereocenters. The zero-order valence-electron chi connectivity index (χ0n) is 30.1. The van der Waals surface area contributed by atoms with Crippen LogP contribution in [0.1, 0.15) is 88.0 Å². The van der Waals surface area contributed by atoms with Gasteiger partial charge in [0.25, 0.3) is 0 Å². The molecule has 1 unspecified atom stereocenters. The lowest BCUT2D eigenvalue weighted by atomic mass is 9.69. The summed E-state index contributed by atoms with van der Waals surface area (Å²) in [6.45, 7) is 15.4. The lowest BCUT2D eigenvalue weighted by Gasteiger charge is -2.34. The van der Waals surface area contributed by atoms with Crippen LogP contribution >= 0.6 is 0 Å². The second-order valence-electron chi connectivity index (χ2n) is 15.5. The molecule has 7 rings (SSSR count). The second kappa shape index (κ2) is 13.9. The predicted octanol–water partition coefficient (Wildman–Crippen LogP) is 13.0. The number of hydrogen-bond acceptors (Lipinski definition) is 1. The van der Waals surface area contributed by atoms with E-state index in [1.54, 1.807) is 0 Å². The number of benzene rings is 5. The van der Waals surface area contributed by atoms with Crippen molar-refractivity contribution in [1.82, 2.24) is 0 Å². The summed E-state index contributed by atoms with van der Waals surface area (Å²) in [5, 5.41) is 5.29. The number of allylic oxidation sites excluding steroid dienone is 5. The third kappa shape index (κ3) is 6.41. The van der Waals surface area contributed by atoms with Gasteiger partial charge in [0.1, 0.15) is 0 Å². The van der Waals surface area contributed by atoms with Crippen LogP contribution in [0.3, 0.4) is 0 Å². The minimum atomic E-state index is -0.286. The summed E-state index contributed by atoms with van der Waals surface area (Å²) in [5.74, 6) is 0.950. The quantitative estimate of drug-likeness (QED) is 0.102. The van der Waals surface area contributed by atoms with Crippen LogP contribution in [0.4, 0.5) is 5.69 Å². The third-order valence-corrected chi connectivity index (χ3v) is 11.8. The van der Waals surface area contributed by atoms with E-state index in [9.17, 15) is 0 Å². The van der Waals surface area contributed by atoms with Gasteiger partial charge in [-0.1, -0.05) is 175 Å². The van der Waals surface area contributed by atoms with Gasteiger partial charge in [0.05, 0.1) is 0 Å². The molecule has 49 heavy (non-hydrogen) atoms. The number of rotatable bonds is 11. The summed E-state index contributed by atoms with van der Waals surface area (Å²) >= 11 is 0. The number of unbranched alkanes of at least 4 members (excludes halogenated alkanes) is 1. The fourth-order valence-corrected chi connectivity index (χ4v) is 9.20. The van der Waals surface area contributed by atoms with Crippen molar-refractivity contribution in [2.45, 2.75) is 89.9 Å². The van der Waals surface area contributed by atoms with Gasteiger partial charge in [-0.15, -0.1) is 0 Å². The number of anilines is 1. The molecule has 250 valence electrons. The molecule has 2 aliphatic rings. The Morgan fingerprint density at radius 1 is 0.816 bits per heavy atom. The van der Waals surface area contributed by atoms with Gasteiger partial charge in [0.15, 0.2) is 0 Å². The second-order valence-corrected chi connectivity index (χ2v) is 15.5. The highest BCUT2D eigenvalue weighted by molar-refractivity contribution is 5.95. The van der Waals surface area contributed by atoms with Crippen molar-refractivity contribution in [3.63, 3.8) is 0 Å². The van der Waals surface area contributed by atoms with Crippen molar-refractivity contribution in [1.29, 1.82) is 0 Å². The first-order valence-electron chi connectivity index (χ1n) is 18.7. The molecular formula is C48H53N. The van der Waals surface area contributed by atoms with Crippen LogP contribution in [0.5, 0.6) is 0 Å². The van der Waals surface area contributed by atoms with Crippen LogP contribution in [0.15, 0.2) is 139 Å². The number of hydrogen-bond donors (Lipinski definition) is 0. The summed E-state index contributed by atoms with van der Waals surface area (Å²) < 4.78 is 0. The van der Waals surface area contributed by atoms with E-state index in [4.69, 9.17) is 6.58 Å². The highest BCUT2D eigenvalue weighted by Gasteiger charge is 2.41. The Morgan fingerprint density at radius 3 is 2.22 bits per heavy atom. The lowest BCUT2D eigenvalue weighted by molar-refractivity contribution is 0.473. The normalized spacial score (nSPS) is 18.1. The fourth-order valence-electron chi connectivity index (χ4n) is 9.20. The van der Waals surface area contributed by atoms with E-state index in [0.717, 1.165) is 24.5 Å². The van der Waals surface area contributed by atoms with Crippen molar-refractivity contribution in [3.05, 3.63) is 161 Å². The number of nitrogens with zero attached hydrogens (tertiary/aromatic N) is 1. The van der Waals surface area contributed by atoms with Crippen LogP contribution in [0.2, 0.25) is 0 Å². The van der Waals surface area contributed by atoms with Crippen molar-refractivity contribution in [2.75, 3.05) is 11.4 Å². The highest BCUT2D eigenvalue weighted by atomic mass is 15.2. The zero-order valence-corrected chi connectivity index (χ0v) is 30.1. The molecule has 0 N–H and O–H groups in total. The molecule has 1 nitrogen and oxygen atoms in total. The molecule has 1 heterocycles.